The van der Waals surface area contributed by atoms with E-state index in [0.717, 1.165) is 11.1 Å². The number of ketones is 1. The van der Waals surface area contributed by atoms with Crippen molar-refractivity contribution in [1.29, 1.82) is 0 Å². The van der Waals surface area contributed by atoms with Gasteiger partial charge in [0.1, 0.15) is 4.90 Å². The minimum atomic E-state index is -4.01. The molecule has 0 bridgehead atoms. The van der Waals surface area contributed by atoms with Crippen LogP contribution in [0.25, 0.3) is 0 Å². The average molecular weight is 425 g/mol. The van der Waals surface area contributed by atoms with Crippen LogP contribution in [0.1, 0.15) is 29.9 Å². The van der Waals surface area contributed by atoms with Gasteiger partial charge in [0.25, 0.3) is 10.0 Å². The van der Waals surface area contributed by atoms with Crippen LogP contribution in [0.5, 0.6) is 0 Å². The third kappa shape index (κ3) is 4.71. The van der Waals surface area contributed by atoms with Crippen LogP contribution in [0.2, 0.25) is 10.0 Å². The minimum absolute atomic E-state index is 0.0118. The maximum absolute atomic E-state index is 12.6. The number of carbonyl (C=O) groups excluding carboxylic acids is 1. The molecule has 0 saturated carbocycles. The Kier molecular flexibility index (Phi) is 5.91. The van der Waals surface area contributed by atoms with Crippen LogP contribution in [-0.2, 0) is 14.8 Å². The molecule has 2 N–H and O–H groups in total. The Morgan fingerprint density at radius 2 is 1.67 bits per heavy atom. The van der Waals surface area contributed by atoms with Crippen LogP contribution >= 0.6 is 23.2 Å². The van der Waals surface area contributed by atoms with Crippen LogP contribution in [0, 0.1) is 6.92 Å². The van der Waals surface area contributed by atoms with E-state index in [1.807, 2.05) is 30.3 Å². The summed E-state index contributed by atoms with van der Waals surface area (Å²) in [5, 5.41) is 0.0651. The third-order valence-electron chi connectivity index (χ3n) is 4.28. The van der Waals surface area contributed by atoms with Gasteiger partial charge in [-0.3, -0.25) is 4.79 Å². The predicted molar refractivity (Wildman–Crippen MR) is 106 cm³/mol. The molecule has 2 aromatic carbocycles. The van der Waals surface area contributed by atoms with E-state index in [1.54, 1.807) is 6.92 Å². The van der Waals surface area contributed by atoms with Crippen LogP contribution in [0.4, 0.5) is 0 Å². The molecule has 0 spiro atoms. The molecule has 0 fully saturated rings. The second-order valence-electron chi connectivity index (χ2n) is 6.44. The molecule has 3 rings (SSSR count). The standard InChI is InChI=1S/C19H18Cl2N2O3S/c1-12-7-17(20)19(18(21)8-12)27(25,26)23-22-15-9-14(10-16(24)11-15)13-5-3-2-4-6-13/h2-8,11,14,22-23H,9-10H2,1H3/t14-/m1/s1. The van der Waals surface area contributed by atoms with Gasteiger partial charge < -0.3 is 5.43 Å². The molecule has 0 saturated heterocycles. The second kappa shape index (κ2) is 8.02. The summed E-state index contributed by atoms with van der Waals surface area (Å²) in [6.45, 7) is 1.77. The number of sulfonamides is 1. The normalized spacial score (nSPS) is 17.5. The highest BCUT2D eigenvalue weighted by Crippen LogP contribution is 2.32. The molecule has 0 aliphatic heterocycles. The van der Waals surface area contributed by atoms with Gasteiger partial charge in [-0.1, -0.05) is 53.5 Å². The molecule has 0 radical (unpaired) electrons. The van der Waals surface area contributed by atoms with Crippen LogP contribution in [-0.4, -0.2) is 14.2 Å². The van der Waals surface area contributed by atoms with Crippen LogP contribution in [0.15, 0.2) is 59.1 Å². The lowest BCUT2D eigenvalue weighted by molar-refractivity contribution is -0.115. The molecule has 0 aromatic heterocycles. The number of benzene rings is 2. The number of hydrazine groups is 1. The first-order chi connectivity index (χ1) is 12.8. The summed E-state index contributed by atoms with van der Waals surface area (Å²) in [7, 11) is -4.01. The number of carbonyl (C=O) groups is 1. The predicted octanol–water partition coefficient (Wildman–Crippen LogP) is 4.12. The van der Waals surface area contributed by atoms with Crippen molar-refractivity contribution in [3.05, 3.63) is 75.4 Å². The lowest BCUT2D eigenvalue weighted by Gasteiger charge is -2.23. The Morgan fingerprint density at radius 1 is 1.04 bits per heavy atom. The van der Waals surface area contributed by atoms with E-state index in [0.29, 0.717) is 18.5 Å². The number of aryl methyl sites for hydroxylation is 1. The minimum Gasteiger partial charge on any atom is -0.312 e. The van der Waals surface area contributed by atoms with E-state index in [2.05, 4.69) is 10.3 Å². The van der Waals surface area contributed by atoms with Crippen molar-refractivity contribution in [1.82, 2.24) is 10.3 Å². The van der Waals surface area contributed by atoms with E-state index in [1.165, 1.54) is 18.2 Å². The molecule has 1 aliphatic carbocycles. The van der Waals surface area contributed by atoms with Gasteiger partial charge in [0.2, 0.25) is 0 Å². The molecular formula is C19H18Cl2N2O3S. The van der Waals surface area contributed by atoms with Gasteiger partial charge >= 0.3 is 0 Å². The monoisotopic (exact) mass is 424 g/mol. The SMILES string of the molecule is Cc1cc(Cl)c(S(=O)(=O)NNC2=CC(=O)C[C@H](c3ccccc3)C2)c(Cl)c1. The lowest BCUT2D eigenvalue weighted by Crippen LogP contribution is -2.38. The maximum Gasteiger partial charge on any atom is 0.260 e. The molecule has 142 valence electrons. The third-order valence-corrected chi connectivity index (χ3v) is 6.45. The summed E-state index contributed by atoms with van der Waals surface area (Å²) in [6.07, 6.45) is 2.31. The van der Waals surface area contributed by atoms with Gasteiger partial charge in [-0.15, -0.1) is 4.83 Å². The summed E-state index contributed by atoms with van der Waals surface area (Å²) in [5.74, 6) is -0.0783. The van der Waals surface area contributed by atoms with E-state index in [9.17, 15) is 13.2 Å². The number of hydrogen-bond acceptors (Lipinski definition) is 4. The first-order valence-corrected chi connectivity index (χ1v) is 10.5. The van der Waals surface area contributed by atoms with Gasteiger partial charge in [0.15, 0.2) is 5.78 Å². The fraction of sp³-hybridized carbons (Fsp3) is 0.211. The van der Waals surface area contributed by atoms with Crippen molar-refractivity contribution in [3.63, 3.8) is 0 Å². The molecule has 1 atom stereocenters. The average Bonchev–Trinajstić information content (AvgIpc) is 2.59. The first-order valence-electron chi connectivity index (χ1n) is 8.28. The zero-order valence-electron chi connectivity index (χ0n) is 14.5. The summed E-state index contributed by atoms with van der Waals surface area (Å²) in [6, 6.07) is 12.7. The first kappa shape index (κ1) is 19.9. The van der Waals surface area contributed by atoms with Gasteiger partial charge in [-0.25, -0.2) is 8.42 Å². The molecule has 8 heteroatoms. The van der Waals surface area contributed by atoms with Crippen LogP contribution < -0.4 is 10.3 Å². The van der Waals surface area contributed by atoms with Crippen molar-refractivity contribution in [2.45, 2.75) is 30.6 Å². The van der Waals surface area contributed by atoms with E-state index < -0.39 is 10.0 Å². The zero-order chi connectivity index (χ0) is 19.6. The molecule has 0 unspecified atom stereocenters. The van der Waals surface area contributed by atoms with E-state index >= 15 is 0 Å². The van der Waals surface area contributed by atoms with Crippen molar-refractivity contribution in [2.24, 2.45) is 0 Å². The molecule has 2 aromatic rings. The highest BCUT2D eigenvalue weighted by atomic mass is 35.5. The summed E-state index contributed by atoms with van der Waals surface area (Å²) < 4.78 is 25.2. The summed E-state index contributed by atoms with van der Waals surface area (Å²) in [5.41, 5.74) is 4.92. The quantitative estimate of drug-likeness (QED) is 0.707. The summed E-state index contributed by atoms with van der Waals surface area (Å²) in [4.78, 5) is 14.1. The topological polar surface area (TPSA) is 75.3 Å². The van der Waals surface area contributed by atoms with E-state index in [-0.39, 0.29) is 26.6 Å². The highest BCUT2D eigenvalue weighted by molar-refractivity contribution is 7.89. The molecule has 0 heterocycles. The maximum atomic E-state index is 12.6. The van der Waals surface area contributed by atoms with Gasteiger partial charge in [0, 0.05) is 18.2 Å². The lowest BCUT2D eigenvalue weighted by atomic mass is 9.86. The Labute approximate surface area is 168 Å². The van der Waals surface area contributed by atoms with Gasteiger partial charge in [0.05, 0.1) is 10.0 Å². The largest absolute Gasteiger partial charge is 0.312 e. The fourth-order valence-corrected chi connectivity index (χ4v) is 5.27. The summed E-state index contributed by atoms with van der Waals surface area (Å²) >= 11 is 12.1. The Morgan fingerprint density at radius 3 is 2.30 bits per heavy atom. The number of rotatable bonds is 5. The zero-order valence-corrected chi connectivity index (χ0v) is 16.8. The molecule has 5 nitrogen and oxygen atoms in total. The molecule has 1 aliphatic rings. The van der Waals surface area contributed by atoms with Crippen LogP contribution in [0.3, 0.4) is 0 Å². The Bertz CT molecular complexity index is 982. The van der Waals surface area contributed by atoms with Gasteiger partial charge in [-0.05, 0) is 42.5 Å². The number of nitrogens with one attached hydrogen (secondary N) is 2. The fourth-order valence-electron chi connectivity index (χ4n) is 3.07. The van der Waals surface area contributed by atoms with Gasteiger partial charge in [-0.2, -0.15) is 0 Å². The Hall–Kier alpha value is -1.86. The van der Waals surface area contributed by atoms with Crippen molar-refractivity contribution < 1.29 is 13.2 Å². The number of hydrogen-bond donors (Lipinski definition) is 2. The van der Waals surface area contributed by atoms with Crippen molar-refractivity contribution >= 4 is 39.0 Å². The van der Waals surface area contributed by atoms with Crippen molar-refractivity contribution in [3.8, 4) is 0 Å². The second-order valence-corrected chi connectivity index (χ2v) is 8.87. The number of allylic oxidation sites excluding steroid dienone is 2. The Balaban J connectivity index is 1.77. The van der Waals surface area contributed by atoms with E-state index in [4.69, 9.17) is 23.2 Å². The molecule has 0 amide bonds. The molecular weight excluding hydrogens is 407 g/mol. The number of halogens is 2. The smallest absolute Gasteiger partial charge is 0.260 e. The van der Waals surface area contributed by atoms with Crippen molar-refractivity contribution in [2.75, 3.05) is 0 Å². The highest BCUT2D eigenvalue weighted by Gasteiger charge is 2.25. The molecule has 27 heavy (non-hydrogen) atoms.